The molecule has 1 heterocycles. The third-order valence-corrected chi connectivity index (χ3v) is 4.41. The summed E-state index contributed by atoms with van der Waals surface area (Å²) in [5.74, 6) is 2.07. The lowest BCUT2D eigenvalue weighted by molar-refractivity contribution is 0.654. The number of aromatic nitrogens is 4. The smallest absolute Gasteiger partial charge is 0.209 e. The summed E-state index contributed by atoms with van der Waals surface area (Å²) in [5.41, 5.74) is 0.472. The SMILES string of the molecule is Cn1nnnc1SCC1(CS)CC1. The maximum atomic E-state index is 4.35. The summed E-state index contributed by atoms with van der Waals surface area (Å²) in [6, 6.07) is 0. The Hall–Kier alpha value is -0.230. The van der Waals surface area contributed by atoms with Crippen LogP contribution in [0, 0.1) is 5.41 Å². The largest absolute Gasteiger partial charge is 0.224 e. The van der Waals surface area contributed by atoms with Crippen LogP contribution in [0.4, 0.5) is 0 Å². The average molecular weight is 216 g/mol. The van der Waals surface area contributed by atoms with E-state index in [1.807, 2.05) is 7.05 Å². The number of thioether (sulfide) groups is 1. The highest BCUT2D eigenvalue weighted by atomic mass is 32.2. The number of hydrogen-bond acceptors (Lipinski definition) is 5. The molecule has 4 nitrogen and oxygen atoms in total. The molecule has 1 fully saturated rings. The minimum atomic E-state index is 0.472. The van der Waals surface area contributed by atoms with Crippen LogP contribution in [0.2, 0.25) is 0 Å². The third-order valence-electron chi connectivity index (χ3n) is 2.38. The number of hydrogen-bond donors (Lipinski definition) is 1. The maximum absolute atomic E-state index is 4.35. The molecule has 13 heavy (non-hydrogen) atoms. The van der Waals surface area contributed by atoms with Crippen molar-refractivity contribution in [2.45, 2.75) is 18.0 Å². The lowest BCUT2D eigenvalue weighted by Gasteiger charge is -2.08. The van der Waals surface area contributed by atoms with E-state index in [1.54, 1.807) is 16.4 Å². The van der Waals surface area contributed by atoms with Gasteiger partial charge >= 0.3 is 0 Å². The number of rotatable bonds is 4. The Morgan fingerprint density at radius 2 is 2.38 bits per heavy atom. The van der Waals surface area contributed by atoms with Crippen LogP contribution in [0.1, 0.15) is 12.8 Å². The van der Waals surface area contributed by atoms with Crippen molar-refractivity contribution in [1.82, 2.24) is 20.2 Å². The van der Waals surface area contributed by atoms with Gasteiger partial charge < -0.3 is 0 Å². The van der Waals surface area contributed by atoms with Gasteiger partial charge in [-0.05, 0) is 34.4 Å². The molecule has 0 radical (unpaired) electrons. The van der Waals surface area contributed by atoms with Gasteiger partial charge in [-0.2, -0.15) is 12.6 Å². The highest BCUT2D eigenvalue weighted by Crippen LogP contribution is 2.49. The summed E-state index contributed by atoms with van der Waals surface area (Å²) >= 11 is 6.07. The number of aryl methyl sites for hydroxylation is 1. The molecule has 72 valence electrons. The van der Waals surface area contributed by atoms with E-state index in [4.69, 9.17) is 0 Å². The molecule has 0 spiro atoms. The molecule has 0 saturated heterocycles. The number of tetrazole rings is 1. The van der Waals surface area contributed by atoms with Crippen LogP contribution in [0.5, 0.6) is 0 Å². The molecule has 1 aromatic rings. The van der Waals surface area contributed by atoms with E-state index in [1.165, 1.54) is 12.8 Å². The van der Waals surface area contributed by atoms with Crippen LogP contribution in [0.25, 0.3) is 0 Å². The average Bonchev–Trinajstić information content (AvgIpc) is 2.82. The van der Waals surface area contributed by atoms with Crippen molar-refractivity contribution in [2.75, 3.05) is 11.5 Å². The first-order valence-electron chi connectivity index (χ1n) is 4.22. The highest BCUT2D eigenvalue weighted by molar-refractivity contribution is 7.99. The molecule has 0 bridgehead atoms. The van der Waals surface area contributed by atoms with Gasteiger partial charge in [-0.25, -0.2) is 4.68 Å². The monoisotopic (exact) mass is 216 g/mol. The second-order valence-electron chi connectivity index (χ2n) is 3.53. The zero-order valence-electron chi connectivity index (χ0n) is 7.47. The standard InChI is InChI=1S/C7H12N4S2/c1-11-6(8-9-10-11)13-5-7(4-12)2-3-7/h12H,2-5H2,1H3. The molecule has 0 amide bonds. The van der Waals surface area contributed by atoms with E-state index in [0.29, 0.717) is 5.41 Å². The number of nitrogens with zero attached hydrogens (tertiary/aromatic N) is 4. The summed E-state index contributed by atoms with van der Waals surface area (Å²) in [6.45, 7) is 0. The predicted octanol–water partition coefficient (Wildman–Crippen LogP) is 1.01. The second kappa shape index (κ2) is 3.49. The van der Waals surface area contributed by atoms with Crippen molar-refractivity contribution >= 4 is 24.4 Å². The molecule has 1 aliphatic rings. The molecule has 2 rings (SSSR count). The van der Waals surface area contributed by atoms with Gasteiger partial charge in [-0.15, -0.1) is 5.10 Å². The molecule has 0 atom stereocenters. The van der Waals surface area contributed by atoms with Crippen LogP contribution >= 0.6 is 24.4 Å². The van der Waals surface area contributed by atoms with Gasteiger partial charge in [0, 0.05) is 12.8 Å². The fourth-order valence-corrected chi connectivity index (χ4v) is 2.81. The van der Waals surface area contributed by atoms with Crippen molar-refractivity contribution in [2.24, 2.45) is 12.5 Å². The van der Waals surface area contributed by atoms with E-state index < -0.39 is 0 Å². The maximum Gasteiger partial charge on any atom is 0.209 e. The van der Waals surface area contributed by atoms with E-state index in [2.05, 4.69) is 28.2 Å². The van der Waals surface area contributed by atoms with Gasteiger partial charge in [0.15, 0.2) is 0 Å². The summed E-state index contributed by atoms with van der Waals surface area (Å²) in [5, 5.41) is 12.2. The summed E-state index contributed by atoms with van der Waals surface area (Å²) in [4.78, 5) is 0. The Balaban J connectivity index is 1.90. The molecule has 0 N–H and O–H groups in total. The second-order valence-corrected chi connectivity index (χ2v) is 4.79. The van der Waals surface area contributed by atoms with E-state index in [-0.39, 0.29) is 0 Å². The molecule has 1 aromatic heterocycles. The van der Waals surface area contributed by atoms with Gasteiger partial charge in [0.05, 0.1) is 0 Å². The molecule has 1 saturated carbocycles. The molecule has 0 aliphatic heterocycles. The fraction of sp³-hybridized carbons (Fsp3) is 0.857. The van der Waals surface area contributed by atoms with Crippen LogP contribution in [0.15, 0.2) is 5.16 Å². The first kappa shape index (κ1) is 9.33. The Morgan fingerprint density at radius 1 is 1.62 bits per heavy atom. The van der Waals surface area contributed by atoms with Gasteiger partial charge in [-0.1, -0.05) is 11.8 Å². The van der Waals surface area contributed by atoms with Gasteiger partial charge in [0.25, 0.3) is 0 Å². The lowest BCUT2D eigenvalue weighted by atomic mass is 10.2. The summed E-state index contributed by atoms with van der Waals surface area (Å²) in [6.07, 6.45) is 2.60. The lowest BCUT2D eigenvalue weighted by Crippen LogP contribution is -2.06. The van der Waals surface area contributed by atoms with Crippen molar-refractivity contribution in [1.29, 1.82) is 0 Å². The van der Waals surface area contributed by atoms with Gasteiger partial charge in [0.2, 0.25) is 5.16 Å². The predicted molar refractivity (Wildman–Crippen MR) is 55.0 cm³/mol. The van der Waals surface area contributed by atoms with E-state index in [0.717, 1.165) is 16.7 Å². The molecule has 0 unspecified atom stereocenters. The number of thiol groups is 1. The van der Waals surface area contributed by atoms with Crippen LogP contribution in [0.3, 0.4) is 0 Å². The van der Waals surface area contributed by atoms with E-state index >= 15 is 0 Å². The molecule has 6 heteroatoms. The quantitative estimate of drug-likeness (QED) is 0.602. The van der Waals surface area contributed by atoms with Crippen LogP contribution < -0.4 is 0 Å². The summed E-state index contributed by atoms with van der Waals surface area (Å²) < 4.78 is 1.71. The zero-order chi connectivity index (χ0) is 9.31. The van der Waals surface area contributed by atoms with Crippen molar-refractivity contribution in [3.05, 3.63) is 0 Å². The fourth-order valence-electron chi connectivity index (χ4n) is 1.09. The zero-order valence-corrected chi connectivity index (χ0v) is 9.18. The highest BCUT2D eigenvalue weighted by Gasteiger charge is 2.41. The normalized spacial score (nSPS) is 18.9. The first-order chi connectivity index (χ1) is 6.26. The van der Waals surface area contributed by atoms with Crippen LogP contribution in [-0.2, 0) is 7.05 Å². The molecule has 1 aliphatic carbocycles. The molecular formula is C7H12N4S2. The molecular weight excluding hydrogens is 204 g/mol. The Kier molecular flexibility index (Phi) is 2.51. The van der Waals surface area contributed by atoms with Crippen LogP contribution in [-0.4, -0.2) is 31.7 Å². The summed E-state index contributed by atoms with van der Waals surface area (Å²) in [7, 11) is 1.86. The Labute approximate surface area is 86.9 Å². The third kappa shape index (κ3) is 1.99. The minimum absolute atomic E-state index is 0.472. The topological polar surface area (TPSA) is 43.6 Å². The van der Waals surface area contributed by atoms with Crippen molar-refractivity contribution < 1.29 is 0 Å². The Bertz CT molecular complexity index is 294. The first-order valence-corrected chi connectivity index (χ1v) is 5.84. The van der Waals surface area contributed by atoms with E-state index in [9.17, 15) is 0 Å². The van der Waals surface area contributed by atoms with Gasteiger partial charge in [-0.3, -0.25) is 0 Å². The van der Waals surface area contributed by atoms with Crippen molar-refractivity contribution in [3.8, 4) is 0 Å². The van der Waals surface area contributed by atoms with Crippen molar-refractivity contribution in [3.63, 3.8) is 0 Å². The Morgan fingerprint density at radius 3 is 2.85 bits per heavy atom. The molecule has 0 aromatic carbocycles. The minimum Gasteiger partial charge on any atom is -0.224 e. The van der Waals surface area contributed by atoms with Gasteiger partial charge in [0.1, 0.15) is 0 Å².